The summed E-state index contributed by atoms with van der Waals surface area (Å²) in [6.45, 7) is 2.08. The van der Waals surface area contributed by atoms with Gasteiger partial charge in [0.25, 0.3) is 5.91 Å². The molecule has 1 amide bonds. The van der Waals surface area contributed by atoms with Crippen LogP contribution >= 0.6 is 0 Å². The van der Waals surface area contributed by atoms with Crippen molar-refractivity contribution in [3.05, 3.63) is 65.2 Å². The highest BCUT2D eigenvalue weighted by molar-refractivity contribution is 5.89. The van der Waals surface area contributed by atoms with Gasteiger partial charge in [-0.1, -0.05) is 30.3 Å². The van der Waals surface area contributed by atoms with E-state index in [-0.39, 0.29) is 18.6 Å². The Labute approximate surface area is 176 Å². The van der Waals surface area contributed by atoms with Crippen LogP contribution in [0.4, 0.5) is 0 Å². The van der Waals surface area contributed by atoms with Crippen molar-refractivity contribution in [2.45, 2.75) is 32.2 Å². The van der Waals surface area contributed by atoms with E-state index in [2.05, 4.69) is 11.4 Å². The lowest BCUT2D eigenvalue weighted by molar-refractivity contribution is -0.144. The molecule has 2 aromatic carbocycles. The highest BCUT2D eigenvalue weighted by atomic mass is 16.5. The second kappa shape index (κ2) is 10.5. The Hall–Kier alpha value is -3.28. The molecule has 0 spiro atoms. The summed E-state index contributed by atoms with van der Waals surface area (Å²) >= 11 is 0. The lowest BCUT2D eigenvalue weighted by Crippen LogP contribution is -2.34. The Balaban J connectivity index is 1.51. The van der Waals surface area contributed by atoms with Crippen molar-refractivity contribution in [3.63, 3.8) is 0 Å². The minimum atomic E-state index is -0.581. The zero-order chi connectivity index (χ0) is 21.3. The summed E-state index contributed by atoms with van der Waals surface area (Å²) < 4.78 is 15.8. The van der Waals surface area contributed by atoms with Crippen molar-refractivity contribution in [2.24, 2.45) is 0 Å². The highest BCUT2D eigenvalue weighted by Crippen LogP contribution is 2.29. The number of hydrogen-bond acceptors (Lipinski definition) is 5. The lowest BCUT2D eigenvalue weighted by Gasteiger charge is -2.26. The largest absolute Gasteiger partial charge is 0.493 e. The van der Waals surface area contributed by atoms with Gasteiger partial charge in [0.15, 0.2) is 18.1 Å². The number of methoxy groups -OCH3 is 1. The van der Waals surface area contributed by atoms with Gasteiger partial charge in [0.1, 0.15) is 0 Å². The van der Waals surface area contributed by atoms with Crippen LogP contribution in [0.1, 0.15) is 42.5 Å². The lowest BCUT2D eigenvalue weighted by atomic mass is 9.88. The molecule has 0 unspecified atom stereocenters. The summed E-state index contributed by atoms with van der Waals surface area (Å²) in [6.07, 6.45) is 5.84. The normalized spacial score (nSPS) is 15.3. The van der Waals surface area contributed by atoms with Crippen molar-refractivity contribution < 1.29 is 23.8 Å². The van der Waals surface area contributed by atoms with Gasteiger partial charge in [-0.15, -0.1) is 0 Å². The van der Waals surface area contributed by atoms with Gasteiger partial charge in [-0.3, -0.25) is 4.79 Å². The van der Waals surface area contributed by atoms with E-state index in [0.717, 1.165) is 30.4 Å². The van der Waals surface area contributed by atoms with Crippen LogP contribution in [-0.4, -0.2) is 32.2 Å². The summed E-state index contributed by atoms with van der Waals surface area (Å²) in [7, 11) is 1.57. The maximum Gasteiger partial charge on any atom is 0.331 e. The number of nitrogens with one attached hydrogen (secondary N) is 1. The van der Waals surface area contributed by atoms with Crippen LogP contribution in [0, 0.1) is 0 Å². The van der Waals surface area contributed by atoms with Crippen LogP contribution in [0.25, 0.3) is 6.08 Å². The summed E-state index contributed by atoms with van der Waals surface area (Å²) in [5, 5.41) is 2.97. The fourth-order valence-electron chi connectivity index (χ4n) is 3.55. The number of carbonyl (C=O) groups is 2. The summed E-state index contributed by atoms with van der Waals surface area (Å²) in [5.41, 5.74) is 3.17. The van der Waals surface area contributed by atoms with Crippen LogP contribution in [0.5, 0.6) is 11.5 Å². The van der Waals surface area contributed by atoms with Crippen molar-refractivity contribution >= 4 is 18.0 Å². The smallest absolute Gasteiger partial charge is 0.331 e. The fourth-order valence-corrected chi connectivity index (χ4v) is 3.55. The molecule has 2 aromatic rings. The molecule has 1 N–H and O–H groups in total. The second-order valence-electron chi connectivity index (χ2n) is 7.00. The monoisotopic (exact) mass is 409 g/mol. The Morgan fingerprint density at radius 1 is 1.17 bits per heavy atom. The molecule has 1 aliphatic carbocycles. The quantitative estimate of drug-likeness (QED) is 0.530. The van der Waals surface area contributed by atoms with E-state index < -0.39 is 5.97 Å². The van der Waals surface area contributed by atoms with E-state index in [1.807, 2.05) is 25.1 Å². The van der Waals surface area contributed by atoms with E-state index in [9.17, 15) is 9.59 Å². The number of fused-ring (bicyclic) bond motifs is 1. The van der Waals surface area contributed by atoms with Crippen molar-refractivity contribution in [2.75, 3.05) is 20.3 Å². The first-order valence-electron chi connectivity index (χ1n) is 10.1. The van der Waals surface area contributed by atoms with Gasteiger partial charge in [-0.2, -0.15) is 0 Å². The van der Waals surface area contributed by atoms with Gasteiger partial charge >= 0.3 is 5.97 Å². The number of carbonyl (C=O) groups excluding carboxylic acids is 2. The van der Waals surface area contributed by atoms with E-state index in [1.54, 1.807) is 31.4 Å². The zero-order valence-electron chi connectivity index (χ0n) is 17.4. The molecule has 1 atom stereocenters. The van der Waals surface area contributed by atoms with E-state index in [0.29, 0.717) is 18.1 Å². The van der Waals surface area contributed by atoms with Crippen molar-refractivity contribution in [1.29, 1.82) is 0 Å². The van der Waals surface area contributed by atoms with Crippen molar-refractivity contribution in [1.82, 2.24) is 5.32 Å². The summed E-state index contributed by atoms with van der Waals surface area (Å²) in [4.78, 5) is 24.2. The first-order valence-corrected chi connectivity index (χ1v) is 10.1. The minimum absolute atomic E-state index is 0.0343. The average molecular weight is 409 g/mol. The molecule has 0 heterocycles. The summed E-state index contributed by atoms with van der Waals surface area (Å²) in [6, 6.07) is 13.4. The first-order chi connectivity index (χ1) is 14.6. The number of hydrogen-bond donors (Lipinski definition) is 1. The van der Waals surface area contributed by atoms with E-state index >= 15 is 0 Å². The number of aryl methyl sites for hydroxylation is 1. The third kappa shape index (κ3) is 5.63. The molecule has 0 bridgehead atoms. The molecule has 30 heavy (non-hydrogen) atoms. The van der Waals surface area contributed by atoms with Gasteiger partial charge in [-0.05, 0) is 61.1 Å². The van der Waals surface area contributed by atoms with Crippen LogP contribution in [-0.2, 0) is 20.7 Å². The molecule has 0 saturated carbocycles. The molecule has 0 aromatic heterocycles. The van der Waals surface area contributed by atoms with Gasteiger partial charge < -0.3 is 19.5 Å². The molecule has 0 aliphatic heterocycles. The molecular weight excluding hydrogens is 382 g/mol. The number of esters is 1. The van der Waals surface area contributed by atoms with Crippen LogP contribution in [0.2, 0.25) is 0 Å². The first kappa shape index (κ1) is 21.4. The Morgan fingerprint density at radius 3 is 2.80 bits per heavy atom. The topological polar surface area (TPSA) is 73.9 Å². The Morgan fingerprint density at radius 2 is 2.00 bits per heavy atom. The van der Waals surface area contributed by atoms with Gasteiger partial charge in [0, 0.05) is 6.08 Å². The maximum atomic E-state index is 12.2. The molecule has 6 heteroatoms. The molecule has 6 nitrogen and oxygen atoms in total. The van der Waals surface area contributed by atoms with E-state index in [4.69, 9.17) is 14.2 Å². The Bertz CT molecular complexity index is 922. The van der Waals surface area contributed by atoms with Crippen molar-refractivity contribution in [3.8, 4) is 11.5 Å². The molecule has 1 aliphatic rings. The predicted molar refractivity (Wildman–Crippen MR) is 114 cm³/mol. The van der Waals surface area contributed by atoms with Crippen LogP contribution in [0.3, 0.4) is 0 Å². The molecule has 158 valence electrons. The minimum Gasteiger partial charge on any atom is -0.493 e. The SMILES string of the molecule is CCOc1cc(/C=C/C(=O)OCC(=O)N[C@H]2CCCc3ccccc32)ccc1OC. The molecule has 0 saturated heterocycles. The zero-order valence-corrected chi connectivity index (χ0v) is 17.4. The summed E-state index contributed by atoms with van der Waals surface area (Å²) in [5.74, 6) is 0.338. The fraction of sp³-hybridized carbons (Fsp3) is 0.333. The number of ether oxygens (including phenoxy) is 3. The van der Waals surface area contributed by atoms with Crippen LogP contribution in [0.15, 0.2) is 48.5 Å². The van der Waals surface area contributed by atoms with Gasteiger partial charge in [-0.25, -0.2) is 4.79 Å². The van der Waals surface area contributed by atoms with Gasteiger partial charge in [0.2, 0.25) is 0 Å². The standard InChI is InChI=1S/C24H27NO5/c1-3-29-22-15-17(11-13-21(22)28-2)12-14-24(27)30-16-23(26)25-20-10-6-8-18-7-4-5-9-19(18)20/h4-5,7,9,11-15,20H,3,6,8,10,16H2,1-2H3,(H,25,26)/b14-12+/t20-/m0/s1. The molecule has 0 fully saturated rings. The second-order valence-corrected chi connectivity index (χ2v) is 7.00. The maximum absolute atomic E-state index is 12.2. The predicted octanol–water partition coefficient (Wildman–Crippen LogP) is 3.84. The number of amides is 1. The van der Waals surface area contributed by atoms with E-state index in [1.165, 1.54) is 11.6 Å². The molecular formula is C24H27NO5. The highest BCUT2D eigenvalue weighted by Gasteiger charge is 2.21. The third-order valence-corrected chi connectivity index (χ3v) is 4.95. The van der Waals surface area contributed by atoms with Gasteiger partial charge in [0.05, 0.1) is 19.8 Å². The number of benzene rings is 2. The average Bonchev–Trinajstić information content (AvgIpc) is 2.77. The molecule has 0 radical (unpaired) electrons. The third-order valence-electron chi connectivity index (χ3n) is 4.95. The Kier molecular flexibility index (Phi) is 7.49. The molecule has 3 rings (SSSR count). The number of rotatable bonds is 8. The van der Waals surface area contributed by atoms with Crippen LogP contribution < -0.4 is 14.8 Å².